The van der Waals surface area contributed by atoms with E-state index < -0.39 is 59.2 Å². The van der Waals surface area contributed by atoms with Gasteiger partial charge in [0.1, 0.15) is 6.54 Å². The average molecular weight is 390 g/mol. The first-order valence-electron chi connectivity index (χ1n) is 8.24. The largest absolute Gasteiger partial charge is 0.480 e. The molecular formula is C17H18F4N2O4. The lowest BCUT2D eigenvalue weighted by Crippen LogP contribution is -2.43. The zero-order chi connectivity index (χ0) is 20.3. The van der Waals surface area contributed by atoms with Crippen LogP contribution in [0.15, 0.2) is 6.07 Å². The molecule has 1 aliphatic heterocycles. The highest BCUT2D eigenvalue weighted by Gasteiger charge is 2.30. The molecule has 2 rings (SSSR count). The van der Waals surface area contributed by atoms with Crippen molar-refractivity contribution in [1.29, 1.82) is 0 Å². The maximum atomic E-state index is 13.9. The smallest absolute Gasteiger partial charge is 0.323 e. The third-order valence-electron chi connectivity index (χ3n) is 4.47. The summed E-state index contributed by atoms with van der Waals surface area (Å²) >= 11 is 0. The Kier molecular flexibility index (Phi) is 6.40. The summed E-state index contributed by atoms with van der Waals surface area (Å²) in [6.07, 6.45) is 0.991. The molecule has 1 aromatic carbocycles. The number of aliphatic carboxylic acids is 1. The number of rotatable bonds is 4. The molecule has 1 aromatic rings. The SMILES string of the molecule is CC(=O)N(CC(=O)O)C1CCCN(C(=O)c2cc(F)c(F)c(F)c2F)CC1. The fourth-order valence-electron chi connectivity index (χ4n) is 3.14. The van der Waals surface area contributed by atoms with Crippen molar-refractivity contribution in [2.24, 2.45) is 0 Å². The number of hydrogen-bond acceptors (Lipinski definition) is 3. The van der Waals surface area contributed by atoms with Gasteiger partial charge in [-0.15, -0.1) is 0 Å². The molecule has 1 fully saturated rings. The third-order valence-corrected chi connectivity index (χ3v) is 4.47. The van der Waals surface area contributed by atoms with E-state index in [2.05, 4.69) is 0 Å². The van der Waals surface area contributed by atoms with Crippen LogP contribution in [0.3, 0.4) is 0 Å². The van der Waals surface area contributed by atoms with Crippen LogP contribution in [0, 0.1) is 23.3 Å². The molecule has 0 aromatic heterocycles. The molecule has 148 valence electrons. The molecule has 0 spiro atoms. The van der Waals surface area contributed by atoms with Crippen LogP contribution in [-0.2, 0) is 9.59 Å². The number of nitrogens with zero attached hydrogens (tertiary/aromatic N) is 2. The molecule has 1 N–H and O–H groups in total. The van der Waals surface area contributed by atoms with Gasteiger partial charge >= 0.3 is 5.97 Å². The highest BCUT2D eigenvalue weighted by Crippen LogP contribution is 2.23. The van der Waals surface area contributed by atoms with Crippen molar-refractivity contribution in [2.45, 2.75) is 32.2 Å². The molecule has 27 heavy (non-hydrogen) atoms. The van der Waals surface area contributed by atoms with Gasteiger partial charge in [-0.2, -0.15) is 0 Å². The number of carboxylic acid groups (broad SMARTS) is 1. The van der Waals surface area contributed by atoms with Gasteiger partial charge in [-0.05, 0) is 25.3 Å². The topological polar surface area (TPSA) is 77.9 Å². The van der Waals surface area contributed by atoms with Gasteiger partial charge in [-0.25, -0.2) is 17.6 Å². The number of halogens is 4. The second-order valence-electron chi connectivity index (χ2n) is 6.27. The fourth-order valence-corrected chi connectivity index (χ4v) is 3.14. The van der Waals surface area contributed by atoms with E-state index in [1.807, 2.05) is 0 Å². The molecule has 0 radical (unpaired) electrons. The lowest BCUT2D eigenvalue weighted by Gasteiger charge is -2.28. The number of carbonyl (C=O) groups is 3. The molecule has 0 bridgehead atoms. The first-order chi connectivity index (χ1) is 12.6. The molecule has 1 heterocycles. The fraction of sp³-hybridized carbons (Fsp3) is 0.471. The average Bonchev–Trinajstić information content (AvgIpc) is 2.86. The molecule has 1 unspecified atom stereocenters. The summed E-state index contributed by atoms with van der Waals surface area (Å²) in [5.41, 5.74) is -0.918. The Balaban J connectivity index is 2.17. The van der Waals surface area contributed by atoms with Crippen LogP contribution < -0.4 is 0 Å². The van der Waals surface area contributed by atoms with E-state index in [1.165, 1.54) is 11.8 Å². The summed E-state index contributed by atoms with van der Waals surface area (Å²) in [6.45, 7) is 0.883. The Bertz CT molecular complexity index is 772. The Labute approximate surface area is 152 Å². The number of carboxylic acids is 1. The second kappa shape index (κ2) is 8.36. The normalized spacial score (nSPS) is 17.4. The third kappa shape index (κ3) is 4.55. The van der Waals surface area contributed by atoms with Gasteiger partial charge in [-0.3, -0.25) is 14.4 Å². The maximum absolute atomic E-state index is 13.9. The van der Waals surface area contributed by atoms with Gasteiger partial charge in [0.2, 0.25) is 5.91 Å². The van der Waals surface area contributed by atoms with Crippen molar-refractivity contribution in [1.82, 2.24) is 9.80 Å². The summed E-state index contributed by atoms with van der Waals surface area (Å²) in [4.78, 5) is 37.4. The van der Waals surface area contributed by atoms with E-state index in [1.54, 1.807) is 0 Å². The number of hydrogen-bond donors (Lipinski definition) is 1. The van der Waals surface area contributed by atoms with Gasteiger partial charge in [0.05, 0.1) is 5.56 Å². The predicted octanol–water partition coefficient (Wildman–Crippen LogP) is 2.17. The maximum Gasteiger partial charge on any atom is 0.323 e. The monoisotopic (exact) mass is 390 g/mol. The van der Waals surface area contributed by atoms with Crippen LogP contribution in [0.25, 0.3) is 0 Å². The van der Waals surface area contributed by atoms with Crippen LogP contribution in [0.2, 0.25) is 0 Å². The molecular weight excluding hydrogens is 372 g/mol. The lowest BCUT2D eigenvalue weighted by molar-refractivity contribution is -0.145. The molecule has 2 amide bonds. The molecule has 1 atom stereocenters. The molecule has 6 nitrogen and oxygen atoms in total. The summed E-state index contributed by atoms with van der Waals surface area (Å²) in [5, 5.41) is 8.93. The van der Waals surface area contributed by atoms with Gasteiger partial charge in [0.15, 0.2) is 23.3 Å². The van der Waals surface area contributed by atoms with E-state index in [-0.39, 0.29) is 19.5 Å². The summed E-state index contributed by atoms with van der Waals surface area (Å²) in [5.74, 6) is -10.1. The van der Waals surface area contributed by atoms with Crippen LogP contribution in [0.4, 0.5) is 17.6 Å². The van der Waals surface area contributed by atoms with Crippen LogP contribution >= 0.6 is 0 Å². The van der Waals surface area contributed by atoms with E-state index in [4.69, 9.17) is 5.11 Å². The Morgan fingerprint density at radius 2 is 1.78 bits per heavy atom. The molecule has 0 aliphatic carbocycles. The van der Waals surface area contributed by atoms with Crippen molar-refractivity contribution in [3.8, 4) is 0 Å². The Hall–Kier alpha value is -2.65. The van der Waals surface area contributed by atoms with Crippen molar-refractivity contribution < 1.29 is 37.1 Å². The summed E-state index contributed by atoms with van der Waals surface area (Å²) in [7, 11) is 0. The van der Waals surface area contributed by atoms with Crippen molar-refractivity contribution in [3.05, 3.63) is 34.9 Å². The van der Waals surface area contributed by atoms with Crippen molar-refractivity contribution >= 4 is 17.8 Å². The van der Waals surface area contributed by atoms with E-state index >= 15 is 0 Å². The van der Waals surface area contributed by atoms with Gasteiger partial charge in [0, 0.05) is 26.1 Å². The second-order valence-corrected chi connectivity index (χ2v) is 6.27. The van der Waals surface area contributed by atoms with Gasteiger partial charge in [0.25, 0.3) is 5.91 Å². The standard InChI is InChI=1S/C17H18F4N2O4/c1-9(24)23(8-13(25)26)10-3-2-5-22(6-4-10)17(27)11-7-12(18)15(20)16(21)14(11)19/h7,10H,2-6,8H2,1H3,(H,25,26). The predicted molar refractivity (Wildman–Crippen MR) is 84.8 cm³/mol. The molecule has 10 heteroatoms. The van der Waals surface area contributed by atoms with E-state index in [0.717, 1.165) is 4.90 Å². The van der Waals surface area contributed by atoms with Crippen LogP contribution in [0.1, 0.15) is 36.5 Å². The molecule has 1 saturated heterocycles. The Morgan fingerprint density at radius 3 is 2.37 bits per heavy atom. The zero-order valence-electron chi connectivity index (χ0n) is 14.5. The highest BCUT2D eigenvalue weighted by atomic mass is 19.2. The zero-order valence-corrected chi connectivity index (χ0v) is 14.5. The first kappa shape index (κ1) is 20.7. The summed E-state index contributed by atoms with van der Waals surface area (Å²) in [6, 6.07) is -0.131. The Morgan fingerprint density at radius 1 is 1.11 bits per heavy atom. The first-order valence-corrected chi connectivity index (χ1v) is 8.24. The molecule has 0 saturated carbocycles. The summed E-state index contributed by atoms with van der Waals surface area (Å²) < 4.78 is 53.6. The molecule has 1 aliphatic rings. The van der Waals surface area contributed by atoms with Crippen LogP contribution in [0.5, 0.6) is 0 Å². The van der Waals surface area contributed by atoms with Crippen LogP contribution in [-0.4, -0.2) is 58.4 Å². The van der Waals surface area contributed by atoms with Gasteiger partial charge in [-0.1, -0.05) is 0 Å². The van der Waals surface area contributed by atoms with Gasteiger partial charge < -0.3 is 14.9 Å². The highest BCUT2D eigenvalue weighted by molar-refractivity contribution is 5.94. The minimum atomic E-state index is -2.06. The minimum Gasteiger partial charge on any atom is -0.480 e. The minimum absolute atomic E-state index is 0.0208. The quantitative estimate of drug-likeness (QED) is 0.486. The number of benzene rings is 1. The lowest BCUT2D eigenvalue weighted by atomic mass is 10.1. The number of amides is 2. The van der Waals surface area contributed by atoms with E-state index in [9.17, 15) is 31.9 Å². The number of likely N-dealkylation sites (tertiary alicyclic amines) is 1. The van der Waals surface area contributed by atoms with Crippen molar-refractivity contribution in [2.75, 3.05) is 19.6 Å². The van der Waals surface area contributed by atoms with Crippen molar-refractivity contribution in [3.63, 3.8) is 0 Å². The number of carbonyl (C=O) groups excluding carboxylic acids is 2. The van der Waals surface area contributed by atoms with E-state index in [0.29, 0.717) is 18.9 Å².